The van der Waals surface area contributed by atoms with Crippen LogP contribution in [0.3, 0.4) is 0 Å². The zero-order chi connectivity index (χ0) is 21.6. The Kier molecular flexibility index (Phi) is 6.03. The van der Waals surface area contributed by atoms with E-state index in [2.05, 4.69) is 20.3 Å². The Balaban J connectivity index is 1.49. The minimum atomic E-state index is 0.524. The van der Waals surface area contributed by atoms with E-state index >= 15 is 0 Å². The Morgan fingerprint density at radius 3 is 2.48 bits per heavy atom. The minimum absolute atomic E-state index is 0.524. The molecule has 0 radical (unpaired) electrons. The number of nitrogens with zero attached hydrogens (tertiary/aromatic N) is 4. The second kappa shape index (κ2) is 9.21. The van der Waals surface area contributed by atoms with Crippen molar-refractivity contribution in [3.8, 4) is 28.8 Å². The maximum absolute atomic E-state index is 5.86. The zero-order valence-corrected chi connectivity index (χ0v) is 17.7. The van der Waals surface area contributed by atoms with Gasteiger partial charge in [-0.05, 0) is 61.9 Å². The summed E-state index contributed by atoms with van der Waals surface area (Å²) in [5, 5.41) is 3.41. The van der Waals surface area contributed by atoms with E-state index in [0.29, 0.717) is 24.0 Å². The van der Waals surface area contributed by atoms with E-state index in [1.807, 2.05) is 62.4 Å². The van der Waals surface area contributed by atoms with E-state index in [1.54, 1.807) is 25.7 Å². The maximum Gasteiger partial charge on any atom is 0.219 e. The Bertz CT molecular complexity index is 1160. The summed E-state index contributed by atoms with van der Waals surface area (Å²) in [6.45, 7) is 4.57. The summed E-state index contributed by atoms with van der Waals surface area (Å²) in [4.78, 5) is 17.8. The van der Waals surface area contributed by atoms with Gasteiger partial charge in [0.25, 0.3) is 0 Å². The molecule has 0 atom stereocenters. The second-order valence-corrected chi connectivity index (χ2v) is 6.98. The highest BCUT2D eigenvalue weighted by molar-refractivity contribution is 5.58. The Morgan fingerprint density at radius 1 is 0.935 bits per heavy atom. The van der Waals surface area contributed by atoms with Gasteiger partial charge in [0, 0.05) is 48.0 Å². The average molecular weight is 413 g/mol. The molecule has 0 amide bonds. The van der Waals surface area contributed by atoms with Gasteiger partial charge < -0.3 is 14.8 Å². The van der Waals surface area contributed by atoms with Crippen LogP contribution in [-0.2, 0) is 6.54 Å². The summed E-state index contributed by atoms with van der Waals surface area (Å²) in [7, 11) is 1.63. The fraction of sp³-hybridized carbons (Fsp3) is 0.167. The van der Waals surface area contributed by atoms with Crippen LogP contribution >= 0.6 is 0 Å². The summed E-state index contributed by atoms with van der Waals surface area (Å²) < 4.78 is 11.0. The zero-order valence-electron chi connectivity index (χ0n) is 17.7. The van der Waals surface area contributed by atoms with Crippen molar-refractivity contribution in [2.75, 3.05) is 12.4 Å². The van der Waals surface area contributed by atoms with Crippen molar-refractivity contribution in [2.45, 2.75) is 20.4 Å². The lowest BCUT2D eigenvalue weighted by Crippen LogP contribution is -2.07. The molecule has 156 valence electrons. The van der Waals surface area contributed by atoms with Gasteiger partial charge in [0.2, 0.25) is 5.88 Å². The third kappa shape index (κ3) is 4.95. The van der Waals surface area contributed by atoms with Crippen molar-refractivity contribution in [1.82, 2.24) is 19.9 Å². The lowest BCUT2D eigenvalue weighted by molar-refractivity contribution is 0.412. The molecule has 7 heteroatoms. The molecule has 4 rings (SSSR count). The van der Waals surface area contributed by atoms with E-state index < -0.39 is 0 Å². The topological polar surface area (TPSA) is 82.0 Å². The smallest absolute Gasteiger partial charge is 0.219 e. The van der Waals surface area contributed by atoms with E-state index in [-0.39, 0.29) is 0 Å². The molecule has 0 bridgehead atoms. The van der Waals surface area contributed by atoms with E-state index in [4.69, 9.17) is 14.5 Å². The predicted octanol–water partition coefficient (Wildman–Crippen LogP) is 4.96. The molecule has 0 aliphatic rings. The van der Waals surface area contributed by atoms with Crippen LogP contribution in [0.5, 0.6) is 17.4 Å². The number of rotatable bonds is 7. The number of pyridine rings is 2. The Morgan fingerprint density at radius 2 is 1.74 bits per heavy atom. The molecule has 0 fully saturated rings. The molecule has 1 N–H and O–H groups in total. The van der Waals surface area contributed by atoms with Gasteiger partial charge in [-0.2, -0.15) is 0 Å². The van der Waals surface area contributed by atoms with Crippen LogP contribution in [0.15, 0.2) is 67.1 Å². The van der Waals surface area contributed by atoms with Crippen molar-refractivity contribution in [3.05, 3.63) is 83.9 Å². The van der Waals surface area contributed by atoms with Crippen LogP contribution in [-0.4, -0.2) is 27.0 Å². The predicted molar refractivity (Wildman–Crippen MR) is 119 cm³/mol. The molecular formula is C24H23N5O2. The van der Waals surface area contributed by atoms with Crippen LogP contribution in [0.2, 0.25) is 0 Å². The first-order valence-corrected chi connectivity index (χ1v) is 9.89. The van der Waals surface area contributed by atoms with Crippen LogP contribution in [0.1, 0.15) is 16.8 Å². The first kappa shape index (κ1) is 20.3. The van der Waals surface area contributed by atoms with Crippen molar-refractivity contribution in [1.29, 1.82) is 0 Å². The van der Waals surface area contributed by atoms with Crippen molar-refractivity contribution >= 4 is 5.82 Å². The largest absolute Gasteiger partial charge is 0.497 e. The van der Waals surface area contributed by atoms with Crippen LogP contribution in [0.4, 0.5) is 5.82 Å². The SMILES string of the molecule is COc1ccc(Oc2cc(CNc3nc(-c4cccnc4)nc(C)c3C)ccn2)cc1. The van der Waals surface area contributed by atoms with E-state index in [0.717, 1.165) is 34.0 Å². The number of aryl methyl sites for hydroxylation is 1. The highest BCUT2D eigenvalue weighted by Gasteiger charge is 2.10. The molecule has 0 aliphatic carbocycles. The molecule has 0 unspecified atom stereocenters. The molecule has 1 aromatic carbocycles. The summed E-state index contributed by atoms with van der Waals surface area (Å²) in [6, 6.07) is 15.1. The molecule has 0 saturated carbocycles. The number of methoxy groups -OCH3 is 1. The highest BCUT2D eigenvalue weighted by Crippen LogP contribution is 2.24. The standard InChI is InChI=1S/C24H23N5O2/c1-16-17(2)28-24(19-5-4-11-25-15-19)29-23(16)27-14-18-10-12-26-22(13-18)31-21-8-6-20(30-3)7-9-21/h4-13,15H,14H2,1-3H3,(H,27,28,29). The quantitative estimate of drug-likeness (QED) is 0.458. The lowest BCUT2D eigenvalue weighted by atomic mass is 10.2. The first-order chi connectivity index (χ1) is 15.1. The van der Waals surface area contributed by atoms with Crippen LogP contribution in [0, 0.1) is 13.8 Å². The van der Waals surface area contributed by atoms with Gasteiger partial charge in [-0.3, -0.25) is 4.98 Å². The number of anilines is 1. The summed E-state index contributed by atoms with van der Waals surface area (Å²) >= 11 is 0. The normalized spacial score (nSPS) is 10.5. The van der Waals surface area contributed by atoms with Crippen molar-refractivity contribution in [2.24, 2.45) is 0 Å². The number of benzene rings is 1. The van der Waals surface area contributed by atoms with Gasteiger partial charge in [-0.1, -0.05) is 0 Å². The summed E-state index contributed by atoms with van der Waals surface area (Å²) in [5.41, 5.74) is 3.84. The fourth-order valence-corrected chi connectivity index (χ4v) is 2.99. The van der Waals surface area contributed by atoms with E-state index in [9.17, 15) is 0 Å². The highest BCUT2D eigenvalue weighted by atomic mass is 16.5. The Labute approximate surface area is 181 Å². The molecule has 0 saturated heterocycles. The molecule has 0 aliphatic heterocycles. The van der Waals surface area contributed by atoms with Gasteiger partial charge in [0.15, 0.2) is 5.82 Å². The number of ether oxygens (including phenoxy) is 2. The number of hydrogen-bond acceptors (Lipinski definition) is 7. The maximum atomic E-state index is 5.86. The number of hydrogen-bond donors (Lipinski definition) is 1. The molecule has 3 heterocycles. The van der Waals surface area contributed by atoms with E-state index in [1.165, 1.54) is 0 Å². The number of aromatic nitrogens is 4. The summed E-state index contributed by atoms with van der Waals surface area (Å²) in [6.07, 6.45) is 5.23. The third-order valence-electron chi connectivity index (χ3n) is 4.85. The van der Waals surface area contributed by atoms with Crippen LogP contribution < -0.4 is 14.8 Å². The third-order valence-corrected chi connectivity index (χ3v) is 4.85. The average Bonchev–Trinajstić information content (AvgIpc) is 2.81. The van der Waals surface area contributed by atoms with Gasteiger partial charge in [0.1, 0.15) is 17.3 Å². The monoisotopic (exact) mass is 413 g/mol. The molecule has 7 nitrogen and oxygen atoms in total. The Hall–Kier alpha value is -4.00. The minimum Gasteiger partial charge on any atom is -0.497 e. The second-order valence-electron chi connectivity index (χ2n) is 6.98. The van der Waals surface area contributed by atoms with Gasteiger partial charge in [0.05, 0.1) is 7.11 Å². The number of nitrogens with one attached hydrogen (secondary N) is 1. The van der Waals surface area contributed by atoms with Gasteiger partial charge in [-0.25, -0.2) is 15.0 Å². The first-order valence-electron chi connectivity index (χ1n) is 9.89. The molecule has 3 aromatic heterocycles. The molecule has 31 heavy (non-hydrogen) atoms. The summed E-state index contributed by atoms with van der Waals surface area (Å²) in [5.74, 6) is 3.44. The lowest BCUT2D eigenvalue weighted by Gasteiger charge is -2.13. The molecule has 4 aromatic rings. The van der Waals surface area contributed by atoms with Crippen LogP contribution in [0.25, 0.3) is 11.4 Å². The fourth-order valence-electron chi connectivity index (χ4n) is 2.99. The molecular weight excluding hydrogens is 390 g/mol. The van der Waals surface area contributed by atoms with Crippen molar-refractivity contribution in [3.63, 3.8) is 0 Å². The van der Waals surface area contributed by atoms with Gasteiger partial charge >= 0.3 is 0 Å². The molecule has 0 spiro atoms. The van der Waals surface area contributed by atoms with Gasteiger partial charge in [-0.15, -0.1) is 0 Å². The van der Waals surface area contributed by atoms with Crippen molar-refractivity contribution < 1.29 is 9.47 Å².